The van der Waals surface area contributed by atoms with Gasteiger partial charge in [0.15, 0.2) is 5.82 Å². The van der Waals surface area contributed by atoms with Crippen molar-refractivity contribution in [3.8, 4) is 11.5 Å². The maximum absolute atomic E-state index is 12.5. The lowest BCUT2D eigenvalue weighted by atomic mass is 10.1. The van der Waals surface area contributed by atoms with E-state index in [9.17, 15) is 9.59 Å². The molecular formula is C19H20N4O3. The van der Waals surface area contributed by atoms with Crippen LogP contribution in [0.3, 0.4) is 0 Å². The van der Waals surface area contributed by atoms with Crippen molar-refractivity contribution in [1.82, 2.24) is 14.7 Å². The molecule has 0 aliphatic heterocycles. The second-order valence-corrected chi connectivity index (χ2v) is 6.35. The van der Waals surface area contributed by atoms with Crippen LogP contribution in [0.1, 0.15) is 22.5 Å². The second kappa shape index (κ2) is 6.95. The summed E-state index contributed by atoms with van der Waals surface area (Å²) in [7, 11) is 0. The Morgan fingerprint density at radius 2 is 1.85 bits per heavy atom. The van der Waals surface area contributed by atoms with Gasteiger partial charge in [-0.1, -0.05) is 22.9 Å². The maximum atomic E-state index is 12.5. The number of hydrogen-bond acceptors (Lipinski definition) is 5. The number of aryl methyl sites for hydroxylation is 4. The predicted molar refractivity (Wildman–Crippen MR) is 98.0 cm³/mol. The highest BCUT2D eigenvalue weighted by atomic mass is 16.5. The minimum atomic E-state index is -0.280. The molecule has 3 rings (SSSR count). The number of nitrogens with zero attached hydrogens (tertiary/aromatic N) is 3. The Labute approximate surface area is 150 Å². The van der Waals surface area contributed by atoms with E-state index in [2.05, 4.69) is 15.5 Å². The van der Waals surface area contributed by atoms with Gasteiger partial charge < -0.3 is 14.4 Å². The molecule has 26 heavy (non-hydrogen) atoms. The molecule has 0 unspecified atom stereocenters. The van der Waals surface area contributed by atoms with Crippen LogP contribution in [0.15, 0.2) is 39.8 Å². The molecule has 2 aromatic heterocycles. The molecule has 1 N–H and O–H groups in total. The van der Waals surface area contributed by atoms with Crippen LogP contribution in [0.25, 0.3) is 11.5 Å². The van der Waals surface area contributed by atoms with E-state index in [-0.39, 0.29) is 18.0 Å². The maximum Gasteiger partial charge on any atom is 0.259 e. The summed E-state index contributed by atoms with van der Waals surface area (Å²) in [5.74, 6) is 0.531. The first-order chi connectivity index (χ1) is 12.3. The number of benzene rings is 1. The van der Waals surface area contributed by atoms with Crippen molar-refractivity contribution >= 4 is 11.6 Å². The number of anilines is 1. The zero-order valence-corrected chi connectivity index (χ0v) is 15.2. The SMILES string of the molecule is Cc1cc(C)c(NC(=O)Cn2cc(-c3nc(C)no3)ccc2=O)c(C)c1. The van der Waals surface area contributed by atoms with Gasteiger partial charge in [-0.2, -0.15) is 4.98 Å². The van der Waals surface area contributed by atoms with Crippen LogP contribution in [0.5, 0.6) is 0 Å². The highest BCUT2D eigenvalue weighted by molar-refractivity contribution is 5.92. The Hall–Kier alpha value is -3.22. The molecule has 1 aromatic carbocycles. The van der Waals surface area contributed by atoms with E-state index in [4.69, 9.17) is 4.52 Å². The van der Waals surface area contributed by atoms with Crippen LogP contribution < -0.4 is 10.9 Å². The summed E-state index contributed by atoms with van der Waals surface area (Å²) in [5, 5.41) is 6.63. The van der Waals surface area contributed by atoms with Gasteiger partial charge in [0.2, 0.25) is 5.91 Å². The van der Waals surface area contributed by atoms with Gasteiger partial charge in [0, 0.05) is 18.0 Å². The van der Waals surface area contributed by atoms with Gasteiger partial charge in [-0.25, -0.2) is 0 Å². The summed E-state index contributed by atoms with van der Waals surface area (Å²) in [6, 6.07) is 6.99. The molecule has 3 aromatic rings. The molecule has 7 heteroatoms. The molecule has 0 aliphatic carbocycles. The van der Waals surface area contributed by atoms with Crippen LogP contribution >= 0.6 is 0 Å². The third-order valence-electron chi connectivity index (χ3n) is 4.01. The lowest BCUT2D eigenvalue weighted by Gasteiger charge is -2.13. The number of rotatable bonds is 4. The first kappa shape index (κ1) is 17.6. The molecule has 134 valence electrons. The van der Waals surface area contributed by atoms with Gasteiger partial charge in [-0.15, -0.1) is 0 Å². The highest BCUT2D eigenvalue weighted by Gasteiger charge is 2.12. The topological polar surface area (TPSA) is 90.0 Å². The summed E-state index contributed by atoms with van der Waals surface area (Å²) in [6.07, 6.45) is 1.55. The highest BCUT2D eigenvalue weighted by Crippen LogP contribution is 2.22. The van der Waals surface area contributed by atoms with Crippen LogP contribution in [-0.2, 0) is 11.3 Å². The van der Waals surface area contributed by atoms with Gasteiger partial charge in [0.1, 0.15) is 6.54 Å². The predicted octanol–water partition coefficient (Wildman–Crippen LogP) is 2.77. The van der Waals surface area contributed by atoms with Gasteiger partial charge in [0.25, 0.3) is 11.4 Å². The van der Waals surface area contributed by atoms with Crippen molar-refractivity contribution in [1.29, 1.82) is 0 Å². The lowest BCUT2D eigenvalue weighted by Crippen LogP contribution is -2.27. The van der Waals surface area contributed by atoms with E-state index >= 15 is 0 Å². The minimum absolute atomic E-state index is 0.105. The number of carbonyl (C=O) groups excluding carboxylic acids is 1. The molecule has 0 saturated carbocycles. The molecule has 0 bridgehead atoms. The molecule has 0 atom stereocenters. The second-order valence-electron chi connectivity index (χ2n) is 6.35. The Morgan fingerprint density at radius 3 is 2.46 bits per heavy atom. The largest absolute Gasteiger partial charge is 0.334 e. The van der Waals surface area contributed by atoms with Gasteiger partial charge >= 0.3 is 0 Å². The van der Waals surface area contributed by atoms with E-state index in [1.54, 1.807) is 19.2 Å². The van der Waals surface area contributed by atoms with Crippen molar-refractivity contribution in [2.75, 3.05) is 5.32 Å². The van der Waals surface area contributed by atoms with Gasteiger partial charge in [-0.3, -0.25) is 9.59 Å². The fourth-order valence-electron chi connectivity index (χ4n) is 2.91. The molecule has 0 spiro atoms. The normalized spacial score (nSPS) is 10.8. The van der Waals surface area contributed by atoms with E-state index in [0.717, 1.165) is 22.4 Å². The summed E-state index contributed by atoms with van der Waals surface area (Å²) in [6.45, 7) is 7.51. The Bertz CT molecular complexity index is 1010. The Balaban J connectivity index is 1.83. The Morgan fingerprint density at radius 1 is 1.15 bits per heavy atom. The fourth-order valence-corrected chi connectivity index (χ4v) is 2.91. The number of carbonyl (C=O) groups is 1. The average Bonchev–Trinajstić information content (AvgIpc) is 2.99. The zero-order valence-electron chi connectivity index (χ0n) is 15.2. The average molecular weight is 352 g/mol. The van der Waals surface area contributed by atoms with Crippen LogP contribution in [0.2, 0.25) is 0 Å². The molecule has 2 heterocycles. The van der Waals surface area contributed by atoms with Crippen LogP contribution in [0.4, 0.5) is 5.69 Å². The quantitative estimate of drug-likeness (QED) is 0.780. The van der Waals surface area contributed by atoms with Gasteiger partial charge in [-0.05, 0) is 44.9 Å². The van der Waals surface area contributed by atoms with Crippen molar-refractivity contribution in [3.63, 3.8) is 0 Å². The molecular weight excluding hydrogens is 332 g/mol. The monoisotopic (exact) mass is 352 g/mol. The molecule has 0 saturated heterocycles. The zero-order chi connectivity index (χ0) is 18.8. The summed E-state index contributed by atoms with van der Waals surface area (Å²) in [5.41, 5.74) is 4.18. The number of pyridine rings is 1. The number of aromatic nitrogens is 3. The lowest BCUT2D eigenvalue weighted by molar-refractivity contribution is -0.116. The van der Waals surface area contributed by atoms with Crippen molar-refractivity contribution < 1.29 is 9.32 Å². The third kappa shape index (κ3) is 3.72. The van der Waals surface area contributed by atoms with Crippen molar-refractivity contribution in [2.24, 2.45) is 0 Å². The number of nitrogens with one attached hydrogen (secondary N) is 1. The van der Waals surface area contributed by atoms with Crippen LogP contribution in [-0.4, -0.2) is 20.6 Å². The molecule has 0 radical (unpaired) electrons. The first-order valence-electron chi connectivity index (χ1n) is 8.22. The minimum Gasteiger partial charge on any atom is -0.334 e. The van der Waals surface area contributed by atoms with Crippen molar-refractivity contribution in [2.45, 2.75) is 34.2 Å². The van der Waals surface area contributed by atoms with E-state index in [0.29, 0.717) is 17.3 Å². The van der Waals surface area contributed by atoms with E-state index in [1.165, 1.54) is 10.6 Å². The van der Waals surface area contributed by atoms with E-state index < -0.39 is 0 Å². The summed E-state index contributed by atoms with van der Waals surface area (Å²) < 4.78 is 6.43. The van der Waals surface area contributed by atoms with E-state index in [1.807, 2.05) is 32.9 Å². The summed E-state index contributed by atoms with van der Waals surface area (Å²) in [4.78, 5) is 28.7. The molecule has 0 aliphatic rings. The molecule has 0 fully saturated rings. The Kier molecular flexibility index (Phi) is 4.71. The fraction of sp³-hybridized carbons (Fsp3) is 0.263. The standard InChI is InChI=1S/C19H20N4O3/c1-11-7-12(2)18(13(3)8-11)21-16(24)10-23-9-15(5-6-17(23)25)19-20-14(4)22-26-19/h5-9H,10H2,1-4H3,(H,21,24). The number of amides is 1. The van der Waals surface area contributed by atoms with Gasteiger partial charge in [0.05, 0.1) is 5.56 Å². The first-order valence-corrected chi connectivity index (χ1v) is 8.22. The summed E-state index contributed by atoms with van der Waals surface area (Å²) >= 11 is 0. The third-order valence-corrected chi connectivity index (χ3v) is 4.01. The molecule has 1 amide bonds. The molecule has 7 nitrogen and oxygen atoms in total. The smallest absolute Gasteiger partial charge is 0.259 e. The van der Waals surface area contributed by atoms with Crippen LogP contribution in [0, 0.1) is 27.7 Å². The van der Waals surface area contributed by atoms with Crippen molar-refractivity contribution in [3.05, 3.63) is 63.3 Å². The number of hydrogen-bond donors (Lipinski definition) is 1.